The highest BCUT2D eigenvalue weighted by Crippen LogP contribution is 2.27. The van der Waals surface area contributed by atoms with Crippen LogP contribution in [0.25, 0.3) is 0 Å². The molecular weight excluding hydrogens is 267 g/mol. The van der Waals surface area contributed by atoms with Crippen molar-refractivity contribution in [3.8, 4) is 0 Å². The van der Waals surface area contributed by atoms with E-state index in [1.807, 2.05) is 0 Å². The van der Waals surface area contributed by atoms with Crippen molar-refractivity contribution < 1.29 is 32.5 Å². The molecule has 0 heterocycles. The molecule has 0 radical (unpaired) electrons. The second-order valence-corrected chi connectivity index (χ2v) is 4.62. The first-order valence-electron chi connectivity index (χ1n) is 6.06. The van der Waals surface area contributed by atoms with E-state index in [0.717, 1.165) is 32.1 Å². The first kappa shape index (κ1) is 15.7. The van der Waals surface area contributed by atoms with Crippen LogP contribution in [-0.2, 0) is 19.4 Å². The Morgan fingerprint density at radius 1 is 1.16 bits per heavy atom. The van der Waals surface area contributed by atoms with Crippen molar-refractivity contribution in [3.63, 3.8) is 0 Å². The van der Waals surface area contributed by atoms with Gasteiger partial charge in [0.1, 0.15) is 6.04 Å². The van der Waals surface area contributed by atoms with Crippen molar-refractivity contribution >= 4 is 11.9 Å². The van der Waals surface area contributed by atoms with Gasteiger partial charge in [0.15, 0.2) is 0 Å². The summed E-state index contributed by atoms with van der Waals surface area (Å²) < 4.78 is 35.3. The number of halogens is 3. The third-order valence-corrected chi connectivity index (χ3v) is 3.05. The van der Waals surface area contributed by atoms with Gasteiger partial charge in [0.25, 0.3) is 0 Å². The summed E-state index contributed by atoms with van der Waals surface area (Å²) in [6.07, 6.45) is 0.229. The maximum atomic E-state index is 11.8. The van der Waals surface area contributed by atoms with Crippen molar-refractivity contribution in [2.75, 3.05) is 0 Å². The van der Waals surface area contributed by atoms with Crippen LogP contribution in [-0.4, -0.2) is 24.2 Å². The highest BCUT2D eigenvalue weighted by Gasteiger charge is 2.43. The van der Waals surface area contributed by atoms with Crippen molar-refractivity contribution in [2.24, 2.45) is 11.7 Å². The zero-order chi connectivity index (χ0) is 14.5. The summed E-state index contributed by atoms with van der Waals surface area (Å²) in [4.78, 5) is 28.8. The summed E-state index contributed by atoms with van der Waals surface area (Å²) in [5.74, 6) is -3.48. The van der Waals surface area contributed by atoms with Crippen LogP contribution in [0.15, 0.2) is 0 Å². The number of hydrogen-bond donors (Lipinski definition) is 1. The molecule has 1 aliphatic rings. The standard InChI is InChI=1S/C11H16F3NO4/c12-11(13,14)10(17)19-18-9(16)8(15)6-7-4-2-1-3-5-7/h7-8H,1-6,15H2/t8-/m1/s1. The Balaban J connectivity index is 2.30. The van der Waals surface area contributed by atoms with Crippen molar-refractivity contribution in [1.29, 1.82) is 0 Å². The number of alkyl halides is 3. The topological polar surface area (TPSA) is 78.6 Å². The average Bonchev–Trinajstić information content (AvgIpc) is 2.35. The molecule has 0 saturated heterocycles. The third kappa shape index (κ3) is 5.46. The molecule has 2 N–H and O–H groups in total. The Morgan fingerprint density at radius 2 is 1.74 bits per heavy atom. The summed E-state index contributed by atoms with van der Waals surface area (Å²) in [6, 6.07) is -1.08. The smallest absolute Gasteiger partial charge is 0.318 e. The number of hydrogen-bond acceptors (Lipinski definition) is 5. The van der Waals surface area contributed by atoms with E-state index < -0.39 is 24.2 Å². The van der Waals surface area contributed by atoms with E-state index in [0.29, 0.717) is 6.42 Å². The van der Waals surface area contributed by atoms with Gasteiger partial charge in [0, 0.05) is 0 Å². The van der Waals surface area contributed by atoms with Gasteiger partial charge < -0.3 is 5.73 Å². The van der Waals surface area contributed by atoms with Gasteiger partial charge in [0.2, 0.25) is 0 Å². The predicted molar refractivity (Wildman–Crippen MR) is 57.4 cm³/mol. The molecule has 0 spiro atoms. The Morgan fingerprint density at radius 3 is 2.26 bits per heavy atom. The van der Waals surface area contributed by atoms with Gasteiger partial charge >= 0.3 is 18.1 Å². The summed E-state index contributed by atoms with van der Waals surface area (Å²) in [6.45, 7) is 0. The van der Waals surface area contributed by atoms with Gasteiger partial charge in [0.05, 0.1) is 0 Å². The zero-order valence-corrected chi connectivity index (χ0v) is 10.2. The lowest BCUT2D eigenvalue weighted by molar-refractivity contribution is -0.286. The van der Waals surface area contributed by atoms with Crippen molar-refractivity contribution in [1.82, 2.24) is 0 Å². The van der Waals surface area contributed by atoms with Gasteiger partial charge in [-0.1, -0.05) is 32.1 Å². The lowest BCUT2D eigenvalue weighted by Crippen LogP contribution is -2.36. The van der Waals surface area contributed by atoms with Crippen LogP contribution < -0.4 is 5.73 Å². The minimum absolute atomic E-state index is 0.259. The second-order valence-electron chi connectivity index (χ2n) is 4.62. The predicted octanol–water partition coefficient (Wildman–Crippen LogP) is 1.85. The molecule has 0 aliphatic heterocycles. The molecule has 1 saturated carbocycles. The van der Waals surface area contributed by atoms with E-state index in [1.165, 1.54) is 0 Å². The van der Waals surface area contributed by atoms with E-state index in [1.54, 1.807) is 0 Å². The van der Waals surface area contributed by atoms with Crippen LogP contribution in [0.2, 0.25) is 0 Å². The molecule has 0 aromatic rings. The van der Waals surface area contributed by atoms with E-state index in [2.05, 4.69) is 9.78 Å². The minimum atomic E-state index is -5.20. The Bertz CT molecular complexity index is 326. The van der Waals surface area contributed by atoms with Gasteiger partial charge in [-0.25, -0.2) is 19.4 Å². The fourth-order valence-corrected chi connectivity index (χ4v) is 2.07. The van der Waals surface area contributed by atoms with Crippen LogP contribution in [0, 0.1) is 5.92 Å². The third-order valence-electron chi connectivity index (χ3n) is 3.05. The molecule has 1 atom stereocenters. The summed E-state index contributed by atoms with van der Waals surface area (Å²) in [7, 11) is 0. The SMILES string of the molecule is N[C@H](CC1CCCCC1)C(=O)OOC(=O)C(F)(F)F. The molecule has 0 bridgehead atoms. The number of carbonyl (C=O) groups excluding carboxylic acids is 2. The van der Waals surface area contributed by atoms with Crippen LogP contribution in [0.3, 0.4) is 0 Å². The van der Waals surface area contributed by atoms with Gasteiger partial charge in [-0.05, 0) is 12.3 Å². The molecule has 0 unspecified atom stereocenters. The molecule has 0 aromatic heterocycles. The normalized spacial score (nSPS) is 18.7. The lowest BCUT2D eigenvalue weighted by atomic mass is 9.85. The Hall–Kier alpha value is -1.31. The molecule has 19 heavy (non-hydrogen) atoms. The minimum Gasteiger partial charge on any atom is -0.318 e. The fourth-order valence-electron chi connectivity index (χ4n) is 2.07. The number of rotatable bonds is 3. The molecule has 1 rings (SSSR count). The quantitative estimate of drug-likeness (QED) is 0.631. The first-order valence-corrected chi connectivity index (χ1v) is 6.06. The van der Waals surface area contributed by atoms with Crippen LogP contribution in [0.5, 0.6) is 0 Å². The van der Waals surface area contributed by atoms with Crippen LogP contribution in [0.4, 0.5) is 13.2 Å². The monoisotopic (exact) mass is 283 g/mol. The molecule has 1 aliphatic carbocycles. The van der Waals surface area contributed by atoms with E-state index in [4.69, 9.17) is 5.73 Å². The highest BCUT2D eigenvalue weighted by molar-refractivity contribution is 5.78. The zero-order valence-electron chi connectivity index (χ0n) is 10.2. The summed E-state index contributed by atoms with van der Waals surface area (Å²) >= 11 is 0. The lowest BCUT2D eigenvalue weighted by Gasteiger charge is -2.23. The second kappa shape index (κ2) is 6.74. The molecule has 110 valence electrons. The molecule has 0 aromatic carbocycles. The highest BCUT2D eigenvalue weighted by atomic mass is 19.4. The van der Waals surface area contributed by atoms with Gasteiger partial charge in [-0.3, -0.25) is 0 Å². The molecular formula is C11H16F3NO4. The van der Waals surface area contributed by atoms with Crippen LogP contribution in [0.1, 0.15) is 38.5 Å². The van der Waals surface area contributed by atoms with E-state index >= 15 is 0 Å². The Labute approximate surface area is 108 Å². The van der Waals surface area contributed by atoms with Gasteiger partial charge in [-0.2, -0.15) is 13.2 Å². The summed E-state index contributed by atoms with van der Waals surface area (Å²) in [5.41, 5.74) is 5.50. The largest absolute Gasteiger partial charge is 0.495 e. The molecule has 5 nitrogen and oxygen atoms in total. The maximum absolute atomic E-state index is 11.8. The van der Waals surface area contributed by atoms with E-state index in [-0.39, 0.29) is 5.92 Å². The van der Waals surface area contributed by atoms with E-state index in [9.17, 15) is 22.8 Å². The molecule has 0 amide bonds. The van der Waals surface area contributed by atoms with Crippen molar-refractivity contribution in [3.05, 3.63) is 0 Å². The number of nitrogens with two attached hydrogens (primary N) is 1. The maximum Gasteiger partial charge on any atom is 0.495 e. The number of carbonyl (C=O) groups is 2. The molecule has 1 fully saturated rings. The van der Waals surface area contributed by atoms with Gasteiger partial charge in [-0.15, -0.1) is 0 Å². The molecule has 8 heteroatoms. The van der Waals surface area contributed by atoms with Crippen molar-refractivity contribution in [2.45, 2.75) is 50.7 Å². The van der Waals surface area contributed by atoms with Crippen LogP contribution >= 0.6 is 0 Å². The Kier molecular flexibility index (Phi) is 5.59. The first-order chi connectivity index (χ1) is 8.80. The average molecular weight is 283 g/mol. The summed E-state index contributed by atoms with van der Waals surface area (Å²) in [5, 5.41) is 0. The fraction of sp³-hybridized carbons (Fsp3) is 0.818.